The highest BCUT2D eigenvalue weighted by atomic mass is 16.6. The van der Waals surface area contributed by atoms with Crippen molar-refractivity contribution in [3.63, 3.8) is 0 Å². The fourth-order valence-corrected chi connectivity index (χ4v) is 2.89. The normalized spacial score (nSPS) is 13.2. The highest BCUT2D eigenvalue weighted by Crippen LogP contribution is 2.23. The number of ether oxygens (including phenoxy) is 1. The third-order valence-corrected chi connectivity index (χ3v) is 4.35. The van der Waals surface area contributed by atoms with Crippen molar-refractivity contribution in [3.8, 4) is 5.69 Å². The maximum atomic E-state index is 12.5. The lowest BCUT2D eigenvalue weighted by Gasteiger charge is -2.14. The standard InChI is InChI=1S/C19H15N5O5/c25-18(21-14-2-1-3-17(10-14)22-8-9-29-19(22)26)13-11-20-23(12-13)15-4-6-16(7-5-15)24(27)28/h1-7,10-12H,8-9H2,(H,21,25). The first-order valence-electron chi connectivity index (χ1n) is 8.66. The molecule has 0 aliphatic carbocycles. The molecule has 0 atom stereocenters. The van der Waals surface area contributed by atoms with Gasteiger partial charge in [-0.3, -0.25) is 19.8 Å². The van der Waals surface area contributed by atoms with E-state index >= 15 is 0 Å². The predicted molar refractivity (Wildman–Crippen MR) is 103 cm³/mol. The van der Waals surface area contributed by atoms with Crippen LogP contribution in [-0.4, -0.2) is 39.9 Å². The Labute approximate surface area is 164 Å². The number of cyclic esters (lactones) is 1. The van der Waals surface area contributed by atoms with Crippen molar-refractivity contribution in [1.29, 1.82) is 0 Å². The number of hydrogen-bond donors (Lipinski definition) is 1. The number of carbonyl (C=O) groups excluding carboxylic acids is 2. The molecular weight excluding hydrogens is 378 g/mol. The zero-order valence-corrected chi connectivity index (χ0v) is 15.0. The van der Waals surface area contributed by atoms with Gasteiger partial charge < -0.3 is 10.1 Å². The lowest BCUT2D eigenvalue weighted by Crippen LogP contribution is -2.23. The zero-order valence-electron chi connectivity index (χ0n) is 15.0. The number of nitrogens with zero attached hydrogens (tertiary/aromatic N) is 4. The van der Waals surface area contributed by atoms with Crippen molar-refractivity contribution < 1.29 is 19.2 Å². The van der Waals surface area contributed by atoms with E-state index in [0.717, 1.165) is 0 Å². The van der Waals surface area contributed by atoms with Crippen LogP contribution < -0.4 is 10.2 Å². The smallest absolute Gasteiger partial charge is 0.414 e. The molecule has 1 saturated heterocycles. The minimum atomic E-state index is -0.484. The van der Waals surface area contributed by atoms with E-state index in [-0.39, 0.29) is 11.6 Å². The maximum absolute atomic E-state index is 12.5. The van der Waals surface area contributed by atoms with Crippen LogP contribution in [0.15, 0.2) is 60.9 Å². The van der Waals surface area contributed by atoms with Gasteiger partial charge in [-0.2, -0.15) is 5.10 Å². The molecule has 29 heavy (non-hydrogen) atoms. The molecule has 0 saturated carbocycles. The van der Waals surface area contributed by atoms with Gasteiger partial charge in [0.05, 0.1) is 28.9 Å². The molecule has 1 N–H and O–H groups in total. The molecule has 1 aliphatic rings. The van der Waals surface area contributed by atoms with Crippen LogP contribution in [0.1, 0.15) is 10.4 Å². The highest BCUT2D eigenvalue weighted by Gasteiger charge is 2.23. The van der Waals surface area contributed by atoms with Crippen molar-refractivity contribution in [1.82, 2.24) is 9.78 Å². The Morgan fingerprint density at radius 1 is 1.17 bits per heavy atom. The molecule has 0 spiro atoms. The average molecular weight is 393 g/mol. The molecule has 1 aromatic heterocycles. The van der Waals surface area contributed by atoms with Crippen LogP contribution in [0.3, 0.4) is 0 Å². The number of amides is 2. The maximum Gasteiger partial charge on any atom is 0.414 e. The number of carbonyl (C=O) groups is 2. The largest absolute Gasteiger partial charge is 0.447 e. The SMILES string of the molecule is O=C(Nc1cccc(N2CCOC2=O)c1)c1cnn(-c2ccc([N+](=O)[O-])cc2)c1. The Balaban J connectivity index is 1.48. The number of anilines is 2. The monoisotopic (exact) mass is 393 g/mol. The van der Waals surface area contributed by atoms with Crippen LogP contribution in [0.4, 0.5) is 21.9 Å². The Bertz CT molecular complexity index is 1090. The minimum absolute atomic E-state index is 0.0272. The molecule has 0 bridgehead atoms. The summed E-state index contributed by atoms with van der Waals surface area (Å²) in [6.45, 7) is 0.787. The molecule has 10 nitrogen and oxygen atoms in total. The second-order valence-electron chi connectivity index (χ2n) is 6.22. The second-order valence-corrected chi connectivity index (χ2v) is 6.22. The van der Waals surface area contributed by atoms with Crippen LogP contribution in [-0.2, 0) is 4.74 Å². The van der Waals surface area contributed by atoms with E-state index in [9.17, 15) is 19.7 Å². The van der Waals surface area contributed by atoms with Crippen LogP contribution in [0.5, 0.6) is 0 Å². The van der Waals surface area contributed by atoms with E-state index in [2.05, 4.69) is 10.4 Å². The summed E-state index contributed by atoms with van der Waals surface area (Å²) in [5, 5.41) is 17.6. The van der Waals surface area contributed by atoms with Gasteiger partial charge in [0.15, 0.2) is 0 Å². The highest BCUT2D eigenvalue weighted by molar-refractivity contribution is 6.04. The van der Waals surface area contributed by atoms with Gasteiger partial charge in [0.25, 0.3) is 11.6 Å². The Kier molecular flexibility index (Phi) is 4.65. The van der Waals surface area contributed by atoms with E-state index in [4.69, 9.17) is 4.74 Å². The van der Waals surface area contributed by atoms with E-state index < -0.39 is 11.0 Å². The Morgan fingerprint density at radius 3 is 2.66 bits per heavy atom. The van der Waals surface area contributed by atoms with Gasteiger partial charge in [-0.05, 0) is 30.3 Å². The fourth-order valence-electron chi connectivity index (χ4n) is 2.89. The predicted octanol–water partition coefficient (Wildman–Crippen LogP) is 2.99. The minimum Gasteiger partial charge on any atom is -0.447 e. The van der Waals surface area contributed by atoms with Gasteiger partial charge in [0.2, 0.25) is 0 Å². The molecule has 2 aromatic carbocycles. The van der Waals surface area contributed by atoms with Gasteiger partial charge >= 0.3 is 6.09 Å². The van der Waals surface area contributed by atoms with Crippen molar-refractivity contribution in [2.75, 3.05) is 23.4 Å². The summed E-state index contributed by atoms with van der Waals surface area (Å²) < 4.78 is 6.38. The molecule has 3 aromatic rings. The van der Waals surface area contributed by atoms with Crippen LogP contribution in [0.25, 0.3) is 5.69 Å². The summed E-state index contributed by atoms with van der Waals surface area (Å²) >= 11 is 0. The van der Waals surface area contributed by atoms with E-state index in [1.165, 1.54) is 34.1 Å². The lowest BCUT2D eigenvalue weighted by atomic mass is 10.2. The first-order valence-corrected chi connectivity index (χ1v) is 8.66. The topological polar surface area (TPSA) is 120 Å². The number of rotatable bonds is 5. The third-order valence-electron chi connectivity index (χ3n) is 4.35. The molecule has 0 radical (unpaired) electrons. The number of benzene rings is 2. The van der Waals surface area contributed by atoms with Crippen molar-refractivity contribution >= 4 is 29.1 Å². The number of non-ortho nitro benzene ring substituents is 1. The molecule has 2 amide bonds. The molecule has 2 heterocycles. The van der Waals surface area contributed by atoms with Gasteiger partial charge in [0, 0.05) is 29.7 Å². The van der Waals surface area contributed by atoms with E-state index in [1.807, 2.05) is 0 Å². The number of nitro groups is 1. The van der Waals surface area contributed by atoms with E-state index in [1.54, 1.807) is 36.4 Å². The summed E-state index contributed by atoms with van der Waals surface area (Å²) in [4.78, 5) is 36.0. The van der Waals surface area contributed by atoms with Crippen molar-refractivity contribution in [2.24, 2.45) is 0 Å². The first kappa shape index (κ1) is 18.2. The van der Waals surface area contributed by atoms with E-state index in [0.29, 0.717) is 35.8 Å². The molecule has 4 rings (SSSR count). The molecule has 10 heteroatoms. The zero-order chi connectivity index (χ0) is 20.4. The summed E-state index contributed by atoms with van der Waals surface area (Å²) in [5.41, 5.74) is 2.03. The van der Waals surface area contributed by atoms with Crippen LogP contribution in [0, 0.1) is 10.1 Å². The number of nitro benzene ring substituents is 1. The van der Waals surface area contributed by atoms with Crippen LogP contribution in [0.2, 0.25) is 0 Å². The van der Waals surface area contributed by atoms with Crippen molar-refractivity contribution in [2.45, 2.75) is 0 Å². The van der Waals surface area contributed by atoms with Crippen LogP contribution >= 0.6 is 0 Å². The van der Waals surface area contributed by atoms with Gasteiger partial charge in [-0.1, -0.05) is 6.07 Å². The Hall–Kier alpha value is -4.21. The second kappa shape index (κ2) is 7.43. The average Bonchev–Trinajstić information content (AvgIpc) is 3.37. The molecule has 1 aliphatic heterocycles. The summed E-state index contributed by atoms with van der Waals surface area (Å²) in [6, 6.07) is 12.7. The van der Waals surface area contributed by atoms with Gasteiger partial charge in [-0.25, -0.2) is 9.48 Å². The molecule has 146 valence electrons. The quantitative estimate of drug-likeness (QED) is 0.526. The van der Waals surface area contributed by atoms with Crippen molar-refractivity contribution in [3.05, 3.63) is 76.6 Å². The fraction of sp³-hybridized carbons (Fsp3) is 0.105. The number of aromatic nitrogens is 2. The number of nitrogens with one attached hydrogen (secondary N) is 1. The summed E-state index contributed by atoms with van der Waals surface area (Å²) in [6.07, 6.45) is 2.51. The molecule has 0 unspecified atom stereocenters. The molecular formula is C19H15N5O5. The lowest BCUT2D eigenvalue weighted by molar-refractivity contribution is -0.384. The third kappa shape index (κ3) is 3.76. The molecule has 1 fully saturated rings. The Morgan fingerprint density at radius 2 is 1.97 bits per heavy atom. The van der Waals surface area contributed by atoms with Gasteiger partial charge in [0.1, 0.15) is 6.61 Å². The summed E-state index contributed by atoms with van der Waals surface area (Å²) in [5.74, 6) is -0.376. The summed E-state index contributed by atoms with van der Waals surface area (Å²) in [7, 11) is 0. The first-order chi connectivity index (χ1) is 14.0. The number of hydrogen-bond acceptors (Lipinski definition) is 6. The van der Waals surface area contributed by atoms with Gasteiger partial charge in [-0.15, -0.1) is 0 Å².